The molecule has 2 rings (SSSR count). The van der Waals surface area contributed by atoms with E-state index in [1.54, 1.807) is 12.1 Å². The van der Waals surface area contributed by atoms with Crippen molar-refractivity contribution in [2.24, 2.45) is 5.73 Å². The third kappa shape index (κ3) is 2.02. The largest absolute Gasteiger partial charge is 0.334 e. The Labute approximate surface area is 97.8 Å². The summed E-state index contributed by atoms with van der Waals surface area (Å²) in [5, 5.41) is 0. The summed E-state index contributed by atoms with van der Waals surface area (Å²) in [6.07, 6.45) is 0.881. The van der Waals surface area contributed by atoms with Crippen molar-refractivity contribution < 1.29 is 4.79 Å². The highest BCUT2D eigenvalue weighted by Crippen LogP contribution is 2.25. The first-order chi connectivity index (χ1) is 7.09. The molecule has 1 aliphatic heterocycles. The molecule has 0 spiro atoms. The predicted molar refractivity (Wildman–Crippen MR) is 62.4 cm³/mol. The Bertz CT molecular complexity index is 379. The molecular formula is C10H13ClN2OS. The Hall–Kier alpha value is -0.580. The minimum atomic E-state index is 0.0485. The van der Waals surface area contributed by atoms with Crippen molar-refractivity contribution in [1.29, 1.82) is 0 Å². The lowest BCUT2D eigenvalue weighted by atomic mass is 10.2. The molecule has 1 saturated heterocycles. The molecule has 0 aliphatic carbocycles. The van der Waals surface area contributed by atoms with Gasteiger partial charge in [0.1, 0.15) is 0 Å². The van der Waals surface area contributed by atoms with E-state index in [0.29, 0.717) is 9.21 Å². The second-order valence-corrected chi connectivity index (χ2v) is 5.51. The molecule has 0 radical (unpaired) electrons. The highest BCUT2D eigenvalue weighted by atomic mass is 35.5. The quantitative estimate of drug-likeness (QED) is 0.821. The van der Waals surface area contributed by atoms with Crippen LogP contribution in [0, 0.1) is 0 Å². The zero-order valence-electron chi connectivity index (χ0n) is 8.44. The third-order valence-corrected chi connectivity index (χ3v) is 4.08. The molecule has 2 N–H and O–H groups in total. The van der Waals surface area contributed by atoms with Crippen molar-refractivity contribution in [2.75, 3.05) is 6.54 Å². The Morgan fingerprint density at radius 1 is 1.67 bits per heavy atom. The van der Waals surface area contributed by atoms with Gasteiger partial charge in [0.05, 0.1) is 9.21 Å². The molecule has 2 atom stereocenters. The lowest BCUT2D eigenvalue weighted by Gasteiger charge is -2.22. The van der Waals surface area contributed by atoms with Crippen LogP contribution >= 0.6 is 22.9 Å². The topological polar surface area (TPSA) is 46.3 Å². The van der Waals surface area contributed by atoms with Crippen LogP contribution in [0.2, 0.25) is 4.34 Å². The SMILES string of the molecule is CC1C(N)CCN1C(=O)c1ccc(Cl)s1. The normalized spacial score (nSPS) is 25.9. The van der Waals surface area contributed by atoms with Gasteiger partial charge in [0, 0.05) is 18.6 Å². The first kappa shape index (κ1) is 10.9. The number of carbonyl (C=O) groups is 1. The number of amides is 1. The maximum absolute atomic E-state index is 12.0. The fourth-order valence-corrected chi connectivity index (χ4v) is 2.82. The second-order valence-electron chi connectivity index (χ2n) is 3.80. The van der Waals surface area contributed by atoms with E-state index < -0.39 is 0 Å². The van der Waals surface area contributed by atoms with Gasteiger partial charge >= 0.3 is 0 Å². The van der Waals surface area contributed by atoms with Gasteiger partial charge in [-0.3, -0.25) is 4.79 Å². The maximum Gasteiger partial charge on any atom is 0.264 e. The molecule has 0 saturated carbocycles. The summed E-state index contributed by atoms with van der Waals surface area (Å²) >= 11 is 7.12. The van der Waals surface area contributed by atoms with Gasteiger partial charge in [-0.1, -0.05) is 11.6 Å². The van der Waals surface area contributed by atoms with Gasteiger partial charge in [-0.05, 0) is 25.5 Å². The molecule has 2 heterocycles. The van der Waals surface area contributed by atoms with Gasteiger partial charge in [-0.2, -0.15) is 0 Å². The molecule has 1 fully saturated rings. The molecule has 1 aromatic rings. The fourth-order valence-electron chi connectivity index (χ4n) is 1.82. The number of thiophene rings is 1. The molecule has 15 heavy (non-hydrogen) atoms. The number of rotatable bonds is 1. The Balaban J connectivity index is 2.15. The highest BCUT2D eigenvalue weighted by Gasteiger charge is 2.32. The number of hydrogen-bond acceptors (Lipinski definition) is 3. The second kappa shape index (κ2) is 4.12. The monoisotopic (exact) mass is 244 g/mol. The van der Waals surface area contributed by atoms with Crippen LogP contribution in [0.4, 0.5) is 0 Å². The lowest BCUT2D eigenvalue weighted by Crippen LogP contribution is -2.40. The summed E-state index contributed by atoms with van der Waals surface area (Å²) < 4.78 is 0.648. The van der Waals surface area contributed by atoms with Crippen LogP contribution < -0.4 is 5.73 Å². The van der Waals surface area contributed by atoms with Crippen LogP contribution in [0.5, 0.6) is 0 Å². The van der Waals surface area contributed by atoms with Gasteiger partial charge in [-0.25, -0.2) is 0 Å². The van der Waals surface area contributed by atoms with Crippen molar-refractivity contribution in [3.8, 4) is 0 Å². The minimum Gasteiger partial charge on any atom is -0.334 e. The average molecular weight is 245 g/mol. The lowest BCUT2D eigenvalue weighted by molar-refractivity contribution is 0.0747. The van der Waals surface area contributed by atoms with E-state index in [-0.39, 0.29) is 18.0 Å². The van der Waals surface area contributed by atoms with E-state index in [2.05, 4.69) is 0 Å². The molecular weight excluding hydrogens is 232 g/mol. The molecule has 3 nitrogen and oxygen atoms in total. The Morgan fingerprint density at radius 2 is 2.40 bits per heavy atom. The van der Waals surface area contributed by atoms with Crippen molar-refractivity contribution in [3.63, 3.8) is 0 Å². The fraction of sp³-hybridized carbons (Fsp3) is 0.500. The first-order valence-electron chi connectivity index (χ1n) is 4.91. The molecule has 1 aliphatic rings. The third-order valence-electron chi connectivity index (χ3n) is 2.86. The molecule has 5 heteroatoms. The van der Waals surface area contributed by atoms with Crippen LogP contribution in [-0.2, 0) is 0 Å². The highest BCUT2D eigenvalue weighted by molar-refractivity contribution is 7.17. The van der Waals surface area contributed by atoms with Gasteiger partial charge in [0.2, 0.25) is 0 Å². The van der Waals surface area contributed by atoms with Crippen LogP contribution in [0.25, 0.3) is 0 Å². The van der Waals surface area contributed by atoms with Gasteiger partial charge in [0.25, 0.3) is 5.91 Å². The molecule has 1 aromatic heterocycles. The summed E-state index contributed by atoms with van der Waals surface area (Å²) in [5.74, 6) is 0.0485. The number of nitrogens with zero attached hydrogens (tertiary/aromatic N) is 1. The van der Waals surface area contributed by atoms with Crippen molar-refractivity contribution in [1.82, 2.24) is 4.90 Å². The van der Waals surface area contributed by atoms with Crippen LogP contribution in [-0.4, -0.2) is 29.4 Å². The molecule has 82 valence electrons. The van der Waals surface area contributed by atoms with E-state index in [4.69, 9.17) is 17.3 Å². The number of nitrogens with two attached hydrogens (primary N) is 1. The van der Waals surface area contributed by atoms with E-state index in [1.807, 2.05) is 11.8 Å². The smallest absolute Gasteiger partial charge is 0.264 e. The summed E-state index contributed by atoms with van der Waals surface area (Å²) in [5.41, 5.74) is 5.87. The van der Waals surface area contributed by atoms with E-state index in [1.165, 1.54) is 11.3 Å². The summed E-state index contributed by atoms with van der Waals surface area (Å²) in [4.78, 5) is 14.6. The number of halogens is 1. The average Bonchev–Trinajstić information content (AvgIpc) is 2.75. The van der Waals surface area contributed by atoms with Crippen molar-refractivity contribution in [2.45, 2.75) is 25.4 Å². The standard InChI is InChI=1S/C10H13ClN2OS/c1-6-7(12)4-5-13(6)10(14)8-2-3-9(11)15-8/h2-3,6-7H,4-5,12H2,1H3. The molecule has 2 unspecified atom stereocenters. The summed E-state index contributed by atoms with van der Waals surface area (Å²) in [6, 6.07) is 3.74. The zero-order chi connectivity index (χ0) is 11.0. The molecule has 0 bridgehead atoms. The summed E-state index contributed by atoms with van der Waals surface area (Å²) in [6.45, 7) is 2.74. The number of hydrogen-bond donors (Lipinski definition) is 1. The van der Waals surface area contributed by atoms with Crippen molar-refractivity contribution in [3.05, 3.63) is 21.3 Å². The Kier molecular flexibility index (Phi) is 3.00. The first-order valence-corrected chi connectivity index (χ1v) is 6.11. The number of carbonyl (C=O) groups excluding carboxylic acids is 1. The van der Waals surface area contributed by atoms with Crippen molar-refractivity contribution >= 4 is 28.8 Å². The Morgan fingerprint density at radius 3 is 2.87 bits per heavy atom. The van der Waals surface area contributed by atoms with E-state index in [0.717, 1.165) is 13.0 Å². The maximum atomic E-state index is 12.0. The van der Waals surface area contributed by atoms with Crippen LogP contribution in [0.1, 0.15) is 23.0 Å². The predicted octanol–water partition coefficient (Wildman–Crippen LogP) is 1.96. The van der Waals surface area contributed by atoms with E-state index in [9.17, 15) is 4.79 Å². The van der Waals surface area contributed by atoms with Gasteiger partial charge in [-0.15, -0.1) is 11.3 Å². The minimum absolute atomic E-state index is 0.0485. The summed E-state index contributed by atoms with van der Waals surface area (Å²) in [7, 11) is 0. The molecule has 1 amide bonds. The molecule has 0 aromatic carbocycles. The van der Waals surface area contributed by atoms with Crippen LogP contribution in [0.15, 0.2) is 12.1 Å². The van der Waals surface area contributed by atoms with Crippen LogP contribution in [0.3, 0.4) is 0 Å². The van der Waals surface area contributed by atoms with Gasteiger partial charge in [0.15, 0.2) is 0 Å². The van der Waals surface area contributed by atoms with Gasteiger partial charge < -0.3 is 10.6 Å². The number of likely N-dealkylation sites (tertiary alicyclic amines) is 1. The zero-order valence-corrected chi connectivity index (χ0v) is 10.0. The van der Waals surface area contributed by atoms with E-state index >= 15 is 0 Å².